The maximum atomic E-state index is 12.3. The van der Waals surface area contributed by atoms with Gasteiger partial charge in [-0.25, -0.2) is 9.59 Å². The molecule has 0 saturated carbocycles. The highest BCUT2D eigenvalue weighted by atomic mass is 16.6. The van der Waals surface area contributed by atoms with Gasteiger partial charge < -0.3 is 24.1 Å². The van der Waals surface area contributed by atoms with E-state index >= 15 is 0 Å². The molecule has 152 valence electrons. The number of esters is 3. The molecule has 1 heterocycles. The Morgan fingerprint density at radius 3 is 2.37 bits per heavy atom. The Hall–Kier alpha value is -2.26. The highest BCUT2D eigenvalue weighted by molar-refractivity contribution is 5.90. The fraction of sp³-hybridized carbons (Fsp3) is 0.667. The normalized spacial score (nSPS) is 33.0. The highest BCUT2D eigenvalue weighted by Crippen LogP contribution is 2.12. The maximum Gasteiger partial charge on any atom is 0.336 e. The number of aliphatic hydroxyl groups excluding tert-OH is 1. The lowest BCUT2D eigenvalue weighted by molar-refractivity contribution is -0.168. The molecule has 27 heavy (non-hydrogen) atoms. The van der Waals surface area contributed by atoms with Gasteiger partial charge in [0.05, 0.1) is 6.42 Å². The van der Waals surface area contributed by atoms with Gasteiger partial charge in [0.15, 0.2) is 18.0 Å². The number of hydrogen-bond acceptors (Lipinski definition) is 9. The molecule has 0 aromatic heterocycles. The van der Waals surface area contributed by atoms with Crippen molar-refractivity contribution in [2.24, 2.45) is 0 Å². The van der Waals surface area contributed by atoms with Gasteiger partial charge in [-0.2, -0.15) is 0 Å². The molecule has 1 aliphatic rings. The average Bonchev–Trinajstić information content (AvgIpc) is 2.57. The summed E-state index contributed by atoms with van der Waals surface area (Å²) in [7, 11) is 0. The minimum Gasteiger partial charge on any atom is -0.459 e. The third-order valence-electron chi connectivity index (χ3n) is 3.76. The van der Waals surface area contributed by atoms with Gasteiger partial charge in [-0.15, -0.1) is 0 Å². The van der Waals surface area contributed by atoms with Crippen molar-refractivity contribution in [1.29, 1.82) is 0 Å². The fourth-order valence-electron chi connectivity index (χ4n) is 2.25. The van der Waals surface area contributed by atoms with E-state index in [9.17, 15) is 24.3 Å². The van der Waals surface area contributed by atoms with Gasteiger partial charge in [0.1, 0.15) is 18.3 Å². The largest absolute Gasteiger partial charge is 0.459 e. The van der Waals surface area contributed by atoms with Crippen molar-refractivity contribution in [1.82, 2.24) is 0 Å². The number of carbonyl (C=O) groups is 4. The van der Waals surface area contributed by atoms with Crippen LogP contribution in [-0.2, 0) is 38.1 Å². The Morgan fingerprint density at radius 2 is 1.74 bits per heavy atom. The fourth-order valence-corrected chi connectivity index (χ4v) is 2.25. The van der Waals surface area contributed by atoms with E-state index in [1.54, 1.807) is 6.92 Å². The van der Waals surface area contributed by atoms with Crippen molar-refractivity contribution in [3.8, 4) is 0 Å². The number of cyclic esters (lactones) is 3. The van der Waals surface area contributed by atoms with E-state index in [-0.39, 0.29) is 19.4 Å². The summed E-state index contributed by atoms with van der Waals surface area (Å²) in [5.41, 5.74) is 0. The van der Waals surface area contributed by atoms with E-state index < -0.39 is 54.2 Å². The zero-order valence-electron chi connectivity index (χ0n) is 15.9. The standard InChI is InChI=1S/C18H26O9/c1-5-24-15-9-14(20)12(4)26-17(22)8-10(2)25-16(21)7-6-13(19)11(3)27-18(15)23/h6-7,10-13,15,19H,5,8-9H2,1-4H3/b7-6+/t10-,11-,12-,13+,15?/m0/s1. The van der Waals surface area contributed by atoms with Crippen molar-refractivity contribution in [2.45, 2.75) is 71.1 Å². The summed E-state index contributed by atoms with van der Waals surface area (Å²) in [5.74, 6) is -2.87. The molecule has 0 radical (unpaired) electrons. The van der Waals surface area contributed by atoms with Gasteiger partial charge in [-0.1, -0.05) is 0 Å². The van der Waals surface area contributed by atoms with E-state index in [1.165, 1.54) is 20.8 Å². The molecule has 0 amide bonds. The third kappa shape index (κ3) is 7.88. The van der Waals surface area contributed by atoms with Crippen LogP contribution >= 0.6 is 0 Å². The van der Waals surface area contributed by atoms with Gasteiger partial charge in [-0.05, 0) is 33.8 Å². The van der Waals surface area contributed by atoms with Crippen LogP contribution < -0.4 is 0 Å². The summed E-state index contributed by atoms with van der Waals surface area (Å²) in [5, 5.41) is 9.99. The van der Waals surface area contributed by atoms with E-state index in [0.717, 1.165) is 12.2 Å². The summed E-state index contributed by atoms with van der Waals surface area (Å²) < 4.78 is 20.4. The lowest BCUT2D eigenvalue weighted by atomic mass is 10.1. The number of rotatable bonds is 2. The van der Waals surface area contributed by atoms with Crippen LogP contribution in [0.4, 0.5) is 0 Å². The van der Waals surface area contributed by atoms with Gasteiger partial charge in [0.25, 0.3) is 0 Å². The molecule has 5 atom stereocenters. The summed E-state index contributed by atoms with van der Waals surface area (Å²) in [6.07, 6.45) is -3.84. The predicted molar refractivity (Wildman–Crippen MR) is 91.5 cm³/mol. The molecule has 1 rings (SSSR count). The van der Waals surface area contributed by atoms with Crippen LogP contribution in [0.5, 0.6) is 0 Å². The van der Waals surface area contributed by atoms with Crippen LogP contribution in [0.1, 0.15) is 40.5 Å². The van der Waals surface area contributed by atoms with Crippen LogP contribution in [-0.4, -0.2) is 65.9 Å². The SMILES string of the molecule is CCOC1CC(=O)[C@H](C)OC(=O)C[C@H](C)OC(=O)/C=C/[C@@H](O)[C@H](C)OC1=O. The minimum absolute atomic E-state index is 0.154. The van der Waals surface area contributed by atoms with Crippen molar-refractivity contribution in [2.75, 3.05) is 6.61 Å². The zero-order chi connectivity index (χ0) is 20.6. The smallest absolute Gasteiger partial charge is 0.336 e. The molecule has 0 saturated heterocycles. The number of ether oxygens (including phenoxy) is 4. The number of Topliss-reactive ketones (excluding diaryl/α,β-unsaturated/α-hetero) is 1. The van der Waals surface area contributed by atoms with Gasteiger partial charge >= 0.3 is 17.9 Å². The molecule has 1 N–H and O–H groups in total. The van der Waals surface area contributed by atoms with E-state index in [4.69, 9.17) is 18.9 Å². The second-order valence-electron chi connectivity index (χ2n) is 6.19. The van der Waals surface area contributed by atoms with Crippen molar-refractivity contribution in [3.05, 3.63) is 12.2 Å². The monoisotopic (exact) mass is 386 g/mol. The molecular formula is C18H26O9. The van der Waals surface area contributed by atoms with E-state index in [0.29, 0.717) is 0 Å². The van der Waals surface area contributed by atoms with Gasteiger partial charge in [0, 0.05) is 19.1 Å². The maximum absolute atomic E-state index is 12.3. The first-order valence-corrected chi connectivity index (χ1v) is 8.75. The first-order valence-electron chi connectivity index (χ1n) is 8.75. The van der Waals surface area contributed by atoms with Crippen LogP contribution in [0, 0.1) is 0 Å². The Labute approximate surface area is 157 Å². The van der Waals surface area contributed by atoms with Crippen molar-refractivity contribution in [3.63, 3.8) is 0 Å². The second-order valence-corrected chi connectivity index (χ2v) is 6.19. The predicted octanol–water partition coefficient (Wildman–Crippen LogP) is 0.467. The van der Waals surface area contributed by atoms with Crippen molar-refractivity contribution >= 4 is 23.7 Å². The lowest BCUT2D eigenvalue weighted by Crippen LogP contribution is -2.37. The molecule has 1 unspecified atom stereocenters. The molecule has 9 nitrogen and oxygen atoms in total. The lowest BCUT2D eigenvalue weighted by Gasteiger charge is -2.22. The number of aliphatic hydroxyl groups is 1. The number of ketones is 1. The number of carbonyl (C=O) groups excluding carboxylic acids is 4. The molecule has 0 fully saturated rings. The minimum atomic E-state index is -1.27. The Kier molecular flexibility index (Phi) is 9.10. The molecular weight excluding hydrogens is 360 g/mol. The summed E-state index contributed by atoms with van der Waals surface area (Å²) in [6.45, 7) is 6.10. The van der Waals surface area contributed by atoms with Crippen LogP contribution in [0.3, 0.4) is 0 Å². The molecule has 0 bridgehead atoms. The first kappa shape index (κ1) is 22.8. The van der Waals surface area contributed by atoms with Crippen LogP contribution in [0.2, 0.25) is 0 Å². The van der Waals surface area contributed by atoms with Crippen LogP contribution in [0.15, 0.2) is 12.2 Å². The molecule has 0 aliphatic carbocycles. The van der Waals surface area contributed by atoms with Crippen molar-refractivity contribution < 1.29 is 43.2 Å². The second kappa shape index (κ2) is 10.8. The Bertz CT molecular complexity index is 583. The summed E-state index contributed by atoms with van der Waals surface area (Å²) >= 11 is 0. The van der Waals surface area contributed by atoms with E-state index in [2.05, 4.69) is 0 Å². The van der Waals surface area contributed by atoms with Gasteiger partial charge in [0.2, 0.25) is 0 Å². The molecule has 0 spiro atoms. The van der Waals surface area contributed by atoms with Gasteiger partial charge in [-0.3, -0.25) is 9.59 Å². The topological polar surface area (TPSA) is 125 Å². The molecule has 0 aromatic carbocycles. The Morgan fingerprint density at radius 1 is 1.07 bits per heavy atom. The molecule has 0 aromatic rings. The summed E-state index contributed by atoms with van der Waals surface area (Å²) in [6, 6.07) is 0. The molecule has 9 heteroatoms. The summed E-state index contributed by atoms with van der Waals surface area (Å²) in [4.78, 5) is 48.1. The van der Waals surface area contributed by atoms with E-state index in [1.807, 2.05) is 0 Å². The zero-order valence-corrected chi connectivity index (χ0v) is 15.9. The van der Waals surface area contributed by atoms with Crippen LogP contribution in [0.25, 0.3) is 0 Å². The first-order chi connectivity index (χ1) is 12.6. The highest BCUT2D eigenvalue weighted by Gasteiger charge is 2.30. The average molecular weight is 386 g/mol. The Balaban J connectivity index is 3.02. The quantitative estimate of drug-likeness (QED) is 0.532. The third-order valence-corrected chi connectivity index (χ3v) is 3.76. The number of hydrogen-bond donors (Lipinski definition) is 1. The molecule has 1 aliphatic heterocycles.